The number of carbonyl (C=O) groups is 1. The number of carbonyl (C=O) groups excluding carboxylic acids is 1. The van der Waals surface area contributed by atoms with Gasteiger partial charge in [0.1, 0.15) is 17.0 Å². The number of ether oxygens (including phenoxy) is 3. The van der Waals surface area contributed by atoms with Gasteiger partial charge in [-0.3, -0.25) is 4.79 Å². The molecule has 10 nitrogen and oxygen atoms in total. The molecule has 2 aromatic heterocycles. The predicted molar refractivity (Wildman–Crippen MR) is 118 cm³/mol. The molecule has 1 spiro atoms. The number of amides is 1. The smallest absolute Gasteiger partial charge is 0.283 e. The molecule has 32 heavy (non-hydrogen) atoms. The highest BCUT2D eigenvalue weighted by Gasteiger charge is 2.45. The third kappa shape index (κ3) is 3.40. The van der Waals surface area contributed by atoms with Crippen molar-refractivity contribution in [3.63, 3.8) is 0 Å². The minimum atomic E-state index is -0.858. The first-order valence-corrected chi connectivity index (χ1v) is 10.4. The molecule has 0 bridgehead atoms. The zero-order valence-electron chi connectivity index (χ0n) is 16.8. The Morgan fingerprint density at radius 1 is 1.19 bits per heavy atom. The minimum Gasteiger partial charge on any atom is -0.480 e. The van der Waals surface area contributed by atoms with Crippen LogP contribution in [0.2, 0.25) is 0 Å². The molecule has 2 aliphatic rings. The Labute approximate surface area is 191 Å². The van der Waals surface area contributed by atoms with Crippen molar-refractivity contribution in [3.05, 3.63) is 64.1 Å². The van der Waals surface area contributed by atoms with Crippen LogP contribution in [-0.4, -0.2) is 40.6 Å². The summed E-state index contributed by atoms with van der Waals surface area (Å²) in [4.78, 5) is 29.8. The van der Waals surface area contributed by atoms with E-state index in [1.54, 1.807) is 18.3 Å². The summed E-state index contributed by atoms with van der Waals surface area (Å²) in [6.07, 6.45) is 4.91. The molecule has 3 aromatic rings. The Bertz CT molecular complexity index is 1250. The SMILES string of the molecule is COc1cnc(C(=O)Nc2ccc3c(c2)C2(CCOC(N)=N2)c2cc(Br)cnc2O3)cn1. The van der Waals surface area contributed by atoms with Gasteiger partial charge in [0.05, 0.1) is 26.1 Å². The lowest BCUT2D eigenvalue weighted by atomic mass is 9.78. The van der Waals surface area contributed by atoms with Crippen LogP contribution in [0.4, 0.5) is 5.69 Å². The summed E-state index contributed by atoms with van der Waals surface area (Å²) in [5.74, 6) is 0.936. The average Bonchev–Trinajstić information content (AvgIpc) is 2.80. The molecular weight excluding hydrogens is 480 g/mol. The van der Waals surface area contributed by atoms with Gasteiger partial charge in [0.2, 0.25) is 11.8 Å². The van der Waals surface area contributed by atoms with E-state index in [0.717, 1.165) is 15.6 Å². The van der Waals surface area contributed by atoms with Crippen LogP contribution >= 0.6 is 15.9 Å². The van der Waals surface area contributed by atoms with Crippen molar-refractivity contribution in [1.29, 1.82) is 0 Å². The van der Waals surface area contributed by atoms with Gasteiger partial charge in [0, 0.05) is 33.9 Å². The van der Waals surface area contributed by atoms with Crippen molar-refractivity contribution in [2.75, 3.05) is 19.0 Å². The topological polar surface area (TPSA) is 134 Å². The number of benzene rings is 1. The van der Waals surface area contributed by atoms with E-state index in [1.807, 2.05) is 12.1 Å². The largest absolute Gasteiger partial charge is 0.480 e. The van der Waals surface area contributed by atoms with E-state index in [1.165, 1.54) is 19.5 Å². The van der Waals surface area contributed by atoms with Crippen LogP contribution in [0.1, 0.15) is 28.0 Å². The first kappa shape index (κ1) is 20.2. The first-order valence-electron chi connectivity index (χ1n) is 9.62. The number of nitrogens with one attached hydrogen (secondary N) is 1. The van der Waals surface area contributed by atoms with Crippen molar-refractivity contribution in [2.24, 2.45) is 10.7 Å². The number of anilines is 1. The van der Waals surface area contributed by atoms with Crippen LogP contribution in [-0.2, 0) is 10.3 Å². The van der Waals surface area contributed by atoms with E-state index >= 15 is 0 Å². The molecule has 1 atom stereocenters. The highest BCUT2D eigenvalue weighted by Crippen LogP contribution is 2.52. The monoisotopic (exact) mass is 496 g/mol. The fraction of sp³-hybridized carbons (Fsp3) is 0.190. The number of amidine groups is 1. The Kier molecular flexibility index (Phi) is 4.89. The van der Waals surface area contributed by atoms with Crippen molar-refractivity contribution in [3.8, 4) is 17.5 Å². The highest BCUT2D eigenvalue weighted by atomic mass is 79.9. The van der Waals surface area contributed by atoms with Crippen molar-refractivity contribution in [2.45, 2.75) is 12.0 Å². The number of aromatic nitrogens is 3. The second-order valence-corrected chi connectivity index (χ2v) is 8.04. The van der Waals surface area contributed by atoms with Crippen LogP contribution in [0.15, 0.2) is 52.3 Å². The summed E-state index contributed by atoms with van der Waals surface area (Å²) < 4.78 is 17.2. The molecule has 1 amide bonds. The number of fused-ring (bicyclic) bond motifs is 4. The average molecular weight is 497 g/mol. The van der Waals surface area contributed by atoms with Gasteiger partial charge in [-0.05, 0) is 40.2 Å². The molecule has 11 heteroatoms. The molecule has 4 heterocycles. The summed E-state index contributed by atoms with van der Waals surface area (Å²) in [6.45, 7) is 0.374. The molecule has 0 aliphatic carbocycles. The number of pyridine rings is 1. The van der Waals surface area contributed by atoms with Gasteiger partial charge in [-0.15, -0.1) is 0 Å². The van der Waals surface area contributed by atoms with Gasteiger partial charge in [-0.2, -0.15) is 0 Å². The fourth-order valence-electron chi connectivity index (χ4n) is 3.78. The third-order valence-corrected chi connectivity index (χ3v) is 5.67. The lowest BCUT2D eigenvalue weighted by molar-refractivity contribution is 0.102. The maximum atomic E-state index is 12.7. The van der Waals surface area contributed by atoms with Gasteiger partial charge in [-0.25, -0.2) is 19.9 Å². The van der Waals surface area contributed by atoms with E-state index in [-0.39, 0.29) is 11.7 Å². The Hall–Kier alpha value is -3.73. The number of hydrogen-bond donors (Lipinski definition) is 2. The quantitative estimate of drug-likeness (QED) is 0.564. The number of rotatable bonds is 3. The van der Waals surface area contributed by atoms with Crippen molar-refractivity contribution < 1.29 is 19.0 Å². The standard InChI is InChI=1S/C21H17BrN6O4/c1-30-17-10-24-15(9-25-17)18(29)27-12-2-3-16-13(7-12)21(4-5-31-20(23)28-21)14-6-11(22)8-26-19(14)32-16/h2-3,6-10H,4-5H2,1H3,(H2,23,28)(H,27,29). The van der Waals surface area contributed by atoms with Gasteiger partial charge < -0.3 is 25.3 Å². The van der Waals surface area contributed by atoms with E-state index < -0.39 is 11.4 Å². The van der Waals surface area contributed by atoms with Crippen LogP contribution in [0.25, 0.3) is 0 Å². The molecular formula is C21H17BrN6O4. The first-order chi connectivity index (χ1) is 15.5. The van der Waals surface area contributed by atoms with Crippen LogP contribution < -0.4 is 20.5 Å². The third-order valence-electron chi connectivity index (χ3n) is 5.24. The van der Waals surface area contributed by atoms with Crippen molar-refractivity contribution >= 4 is 33.5 Å². The van der Waals surface area contributed by atoms with E-state index in [0.29, 0.717) is 36.2 Å². The summed E-state index contributed by atoms with van der Waals surface area (Å²) in [7, 11) is 1.48. The van der Waals surface area contributed by atoms with Gasteiger partial charge >= 0.3 is 0 Å². The molecule has 1 unspecified atom stereocenters. The zero-order valence-corrected chi connectivity index (χ0v) is 18.4. The number of nitrogens with zero attached hydrogens (tertiary/aromatic N) is 4. The lowest BCUT2D eigenvalue weighted by Gasteiger charge is -2.38. The summed E-state index contributed by atoms with van der Waals surface area (Å²) in [5, 5.41) is 2.84. The number of halogens is 1. The van der Waals surface area contributed by atoms with Gasteiger partial charge in [0.15, 0.2) is 0 Å². The van der Waals surface area contributed by atoms with Gasteiger partial charge in [0.25, 0.3) is 11.9 Å². The number of nitrogens with two attached hydrogens (primary N) is 1. The normalized spacial score (nSPS) is 18.5. The predicted octanol–water partition coefficient (Wildman–Crippen LogP) is 2.98. The van der Waals surface area contributed by atoms with E-state index in [9.17, 15) is 4.79 Å². The fourth-order valence-corrected chi connectivity index (χ4v) is 4.11. The maximum absolute atomic E-state index is 12.7. The zero-order chi connectivity index (χ0) is 22.3. The number of aliphatic imine (C=N–C) groups is 1. The molecule has 0 radical (unpaired) electrons. The second-order valence-electron chi connectivity index (χ2n) is 7.13. The molecule has 1 aromatic carbocycles. The number of hydrogen-bond acceptors (Lipinski definition) is 9. The highest BCUT2D eigenvalue weighted by molar-refractivity contribution is 9.10. The molecule has 3 N–H and O–H groups in total. The molecule has 5 rings (SSSR count). The van der Waals surface area contributed by atoms with Crippen LogP contribution in [0, 0.1) is 0 Å². The Morgan fingerprint density at radius 3 is 2.81 bits per heavy atom. The lowest BCUT2D eigenvalue weighted by Crippen LogP contribution is -2.38. The maximum Gasteiger partial charge on any atom is 0.283 e. The number of methoxy groups -OCH3 is 1. The summed E-state index contributed by atoms with van der Waals surface area (Å²) >= 11 is 3.47. The van der Waals surface area contributed by atoms with Crippen LogP contribution in [0.3, 0.4) is 0 Å². The molecule has 0 fully saturated rings. The minimum absolute atomic E-state index is 0.0815. The van der Waals surface area contributed by atoms with Crippen molar-refractivity contribution in [1.82, 2.24) is 15.0 Å². The molecule has 0 saturated carbocycles. The van der Waals surface area contributed by atoms with Crippen LogP contribution in [0.5, 0.6) is 17.5 Å². The molecule has 0 saturated heterocycles. The van der Waals surface area contributed by atoms with Gasteiger partial charge in [-0.1, -0.05) is 0 Å². The van der Waals surface area contributed by atoms with E-state index in [4.69, 9.17) is 19.9 Å². The Balaban J connectivity index is 1.55. The van der Waals surface area contributed by atoms with E-state index in [2.05, 4.69) is 41.2 Å². The molecule has 162 valence electrons. The summed E-state index contributed by atoms with van der Waals surface area (Å²) in [6, 6.07) is 7.30. The molecule has 2 aliphatic heterocycles. The summed E-state index contributed by atoms with van der Waals surface area (Å²) in [5.41, 5.74) is 7.31. The Morgan fingerprint density at radius 2 is 2.06 bits per heavy atom. The second kappa shape index (κ2) is 7.75.